The second kappa shape index (κ2) is 8.36. The first-order chi connectivity index (χ1) is 14.0. The summed E-state index contributed by atoms with van der Waals surface area (Å²) in [5, 5.41) is 0. The fourth-order valence-corrected chi connectivity index (χ4v) is 5.82. The SMILES string of the molecule is CC1CN(c2nc3c(C(N)=O)cccc3o2)CCN1C1CC2CCCC(C1)N2C.Cl. The van der Waals surface area contributed by atoms with E-state index in [4.69, 9.17) is 10.2 Å². The quantitative estimate of drug-likeness (QED) is 0.801. The normalized spacial score (nSPS) is 30.3. The number of para-hydroxylation sites is 1. The molecule has 0 saturated carbocycles. The molecule has 5 rings (SSSR count). The highest BCUT2D eigenvalue weighted by molar-refractivity contribution is 6.03. The number of aromatic nitrogens is 1. The lowest BCUT2D eigenvalue weighted by Gasteiger charge is -2.52. The first-order valence-electron chi connectivity index (χ1n) is 10.9. The van der Waals surface area contributed by atoms with E-state index in [9.17, 15) is 4.79 Å². The van der Waals surface area contributed by atoms with E-state index in [1.807, 2.05) is 6.07 Å². The van der Waals surface area contributed by atoms with Crippen LogP contribution in [0.2, 0.25) is 0 Å². The fraction of sp³-hybridized carbons (Fsp3) is 0.636. The lowest BCUT2D eigenvalue weighted by Crippen LogP contribution is -2.61. The van der Waals surface area contributed by atoms with Crippen LogP contribution in [0.3, 0.4) is 0 Å². The molecule has 3 unspecified atom stereocenters. The molecule has 2 bridgehead atoms. The lowest BCUT2D eigenvalue weighted by atomic mass is 9.81. The van der Waals surface area contributed by atoms with Crippen molar-refractivity contribution in [1.29, 1.82) is 0 Å². The number of nitrogens with zero attached hydrogens (tertiary/aromatic N) is 4. The van der Waals surface area contributed by atoms with Crippen LogP contribution in [0.25, 0.3) is 11.1 Å². The molecule has 2 N–H and O–H groups in total. The summed E-state index contributed by atoms with van der Waals surface area (Å²) in [6.07, 6.45) is 6.68. The Morgan fingerprint density at radius 2 is 1.90 bits per heavy atom. The number of carbonyl (C=O) groups excluding carboxylic acids is 1. The van der Waals surface area contributed by atoms with Gasteiger partial charge in [-0.25, -0.2) is 0 Å². The number of halogens is 1. The predicted molar refractivity (Wildman–Crippen MR) is 120 cm³/mol. The Kier molecular flexibility index (Phi) is 5.97. The van der Waals surface area contributed by atoms with E-state index in [-0.39, 0.29) is 12.4 Å². The molecule has 0 spiro atoms. The molecule has 3 saturated heterocycles. The Morgan fingerprint density at radius 3 is 2.57 bits per heavy atom. The number of fused-ring (bicyclic) bond motifs is 3. The second-order valence-electron chi connectivity index (χ2n) is 9.08. The first-order valence-corrected chi connectivity index (χ1v) is 10.9. The van der Waals surface area contributed by atoms with Gasteiger partial charge in [0.25, 0.3) is 11.9 Å². The highest BCUT2D eigenvalue weighted by atomic mass is 35.5. The van der Waals surface area contributed by atoms with E-state index in [0.29, 0.717) is 34.8 Å². The molecule has 3 fully saturated rings. The van der Waals surface area contributed by atoms with Gasteiger partial charge in [-0.3, -0.25) is 9.69 Å². The number of rotatable bonds is 3. The topological polar surface area (TPSA) is 78.8 Å². The molecule has 3 aliphatic rings. The van der Waals surface area contributed by atoms with Crippen molar-refractivity contribution < 1.29 is 9.21 Å². The summed E-state index contributed by atoms with van der Waals surface area (Å²) >= 11 is 0. The second-order valence-corrected chi connectivity index (χ2v) is 9.08. The Labute approximate surface area is 184 Å². The smallest absolute Gasteiger partial charge is 0.298 e. The maximum Gasteiger partial charge on any atom is 0.298 e. The number of amides is 1. The number of nitrogens with two attached hydrogens (primary N) is 1. The van der Waals surface area contributed by atoms with E-state index in [1.165, 1.54) is 32.1 Å². The third-order valence-electron chi connectivity index (χ3n) is 7.41. The molecule has 8 heteroatoms. The van der Waals surface area contributed by atoms with Crippen LogP contribution in [0.15, 0.2) is 22.6 Å². The van der Waals surface area contributed by atoms with Crippen molar-refractivity contribution in [3.05, 3.63) is 23.8 Å². The van der Waals surface area contributed by atoms with Gasteiger partial charge >= 0.3 is 0 Å². The summed E-state index contributed by atoms with van der Waals surface area (Å²) in [7, 11) is 2.32. The number of piperazine rings is 1. The largest absolute Gasteiger partial charge is 0.423 e. The van der Waals surface area contributed by atoms with Gasteiger partial charge in [0.1, 0.15) is 5.52 Å². The van der Waals surface area contributed by atoms with E-state index in [2.05, 4.69) is 33.7 Å². The van der Waals surface area contributed by atoms with Gasteiger partial charge in [-0.15, -0.1) is 12.4 Å². The number of primary amides is 1. The predicted octanol–water partition coefficient (Wildman–Crippen LogP) is 2.87. The molecule has 164 valence electrons. The molecule has 2 aromatic rings. The van der Waals surface area contributed by atoms with Crippen LogP contribution in [0.1, 0.15) is 49.4 Å². The van der Waals surface area contributed by atoms with Gasteiger partial charge in [0.2, 0.25) is 0 Å². The number of carbonyl (C=O) groups is 1. The number of hydrogen-bond acceptors (Lipinski definition) is 6. The van der Waals surface area contributed by atoms with Gasteiger partial charge in [-0.05, 0) is 51.8 Å². The number of hydrogen-bond donors (Lipinski definition) is 1. The van der Waals surface area contributed by atoms with Crippen molar-refractivity contribution in [2.24, 2.45) is 5.73 Å². The van der Waals surface area contributed by atoms with Gasteiger partial charge in [-0.1, -0.05) is 12.5 Å². The van der Waals surface area contributed by atoms with E-state index in [1.54, 1.807) is 12.1 Å². The number of oxazole rings is 1. The Morgan fingerprint density at radius 1 is 1.17 bits per heavy atom. The Balaban J connectivity index is 0.00000218. The number of anilines is 1. The zero-order chi connectivity index (χ0) is 20.1. The Hall–Kier alpha value is -1.83. The van der Waals surface area contributed by atoms with E-state index in [0.717, 1.165) is 31.7 Å². The third kappa shape index (κ3) is 3.67. The van der Waals surface area contributed by atoms with Gasteiger partial charge in [0, 0.05) is 43.8 Å². The van der Waals surface area contributed by atoms with Gasteiger partial charge in [0.15, 0.2) is 5.58 Å². The van der Waals surface area contributed by atoms with Gasteiger partial charge in [0.05, 0.1) is 5.56 Å². The van der Waals surface area contributed by atoms with Crippen molar-refractivity contribution in [1.82, 2.24) is 14.8 Å². The van der Waals surface area contributed by atoms with Crippen LogP contribution in [0.4, 0.5) is 6.01 Å². The van der Waals surface area contributed by atoms with Crippen LogP contribution in [-0.4, -0.2) is 71.5 Å². The highest BCUT2D eigenvalue weighted by Gasteiger charge is 2.40. The lowest BCUT2D eigenvalue weighted by molar-refractivity contribution is -0.00619. The molecular formula is C22H32ClN5O2. The van der Waals surface area contributed by atoms with Crippen LogP contribution >= 0.6 is 12.4 Å². The number of piperidine rings is 2. The summed E-state index contributed by atoms with van der Waals surface area (Å²) in [6, 6.07) is 8.57. The minimum Gasteiger partial charge on any atom is -0.423 e. The minimum atomic E-state index is -0.471. The average Bonchev–Trinajstić information content (AvgIpc) is 3.12. The molecule has 1 amide bonds. The maximum atomic E-state index is 11.7. The first kappa shape index (κ1) is 21.4. The van der Waals surface area contributed by atoms with E-state index < -0.39 is 5.91 Å². The maximum absolute atomic E-state index is 11.7. The van der Waals surface area contributed by atoms with Crippen molar-refractivity contribution in [3.8, 4) is 0 Å². The summed E-state index contributed by atoms with van der Waals surface area (Å²) in [5.74, 6) is -0.471. The minimum absolute atomic E-state index is 0. The molecule has 1 aromatic carbocycles. The standard InChI is InChI=1S/C22H31N5O2.ClH/c1-14-13-26(22-24-20-18(21(23)28)7-4-8-19(20)29-22)9-10-27(14)17-11-15-5-3-6-16(12-17)25(15)2;/h4,7-8,14-17H,3,5-6,9-13H2,1-2H3,(H2,23,28);1H. The number of benzene rings is 1. The zero-order valence-electron chi connectivity index (χ0n) is 17.8. The monoisotopic (exact) mass is 433 g/mol. The van der Waals surface area contributed by atoms with Crippen LogP contribution in [-0.2, 0) is 0 Å². The molecule has 30 heavy (non-hydrogen) atoms. The summed E-state index contributed by atoms with van der Waals surface area (Å²) in [5.41, 5.74) is 7.10. The van der Waals surface area contributed by atoms with Crippen molar-refractivity contribution in [2.75, 3.05) is 31.6 Å². The van der Waals surface area contributed by atoms with Gasteiger partial charge < -0.3 is 20.0 Å². The average molecular weight is 434 g/mol. The van der Waals surface area contributed by atoms with Crippen LogP contribution < -0.4 is 10.6 Å². The zero-order valence-corrected chi connectivity index (χ0v) is 18.6. The molecular weight excluding hydrogens is 402 g/mol. The molecule has 0 radical (unpaired) electrons. The fourth-order valence-electron chi connectivity index (χ4n) is 5.82. The Bertz CT molecular complexity index is 904. The molecule has 0 aliphatic carbocycles. The van der Waals surface area contributed by atoms with Crippen LogP contribution in [0, 0.1) is 0 Å². The summed E-state index contributed by atoms with van der Waals surface area (Å²) in [4.78, 5) is 23.9. The van der Waals surface area contributed by atoms with Crippen molar-refractivity contribution in [3.63, 3.8) is 0 Å². The van der Waals surface area contributed by atoms with Gasteiger partial charge in [-0.2, -0.15) is 4.98 Å². The molecule has 1 aromatic heterocycles. The van der Waals surface area contributed by atoms with E-state index >= 15 is 0 Å². The van der Waals surface area contributed by atoms with Crippen molar-refractivity contribution in [2.45, 2.75) is 63.2 Å². The molecule has 4 heterocycles. The highest BCUT2D eigenvalue weighted by Crippen LogP contribution is 2.36. The van der Waals surface area contributed by atoms with Crippen LogP contribution in [0.5, 0.6) is 0 Å². The molecule has 3 aliphatic heterocycles. The summed E-state index contributed by atoms with van der Waals surface area (Å²) in [6.45, 7) is 5.12. The molecule has 3 atom stereocenters. The van der Waals surface area contributed by atoms with Crippen molar-refractivity contribution >= 4 is 35.4 Å². The third-order valence-corrected chi connectivity index (χ3v) is 7.41. The molecule has 7 nitrogen and oxygen atoms in total. The summed E-state index contributed by atoms with van der Waals surface area (Å²) < 4.78 is 5.98.